The van der Waals surface area contributed by atoms with E-state index < -0.39 is 0 Å². The van der Waals surface area contributed by atoms with Crippen molar-refractivity contribution in [2.75, 3.05) is 0 Å². The third kappa shape index (κ3) is 2.15. The molecular weight excluding hydrogens is 199 g/mol. The highest BCUT2D eigenvalue weighted by Gasteiger charge is 2.15. The summed E-state index contributed by atoms with van der Waals surface area (Å²) in [4.78, 5) is 0. The third-order valence-electron chi connectivity index (χ3n) is 1.20. The molecule has 2 heteroatoms. The van der Waals surface area contributed by atoms with Gasteiger partial charge in [-0.3, -0.25) is 0 Å². The van der Waals surface area contributed by atoms with Gasteiger partial charge in [0.2, 0.25) is 0 Å². The minimum Gasteiger partial charge on any atom is -0.0891 e. The molecule has 1 unspecified atom stereocenters. The number of hydrogen-bond acceptors (Lipinski definition) is 0. The second-order valence-corrected chi connectivity index (χ2v) is 4.54. The summed E-state index contributed by atoms with van der Waals surface area (Å²) < 4.78 is -0.0116. The van der Waals surface area contributed by atoms with Crippen LogP contribution in [-0.4, -0.2) is 4.32 Å². The first kappa shape index (κ1) is 7.36. The Morgan fingerprint density at radius 3 is 2.78 bits per heavy atom. The van der Waals surface area contributed by atoms with Crippen LogP contribution < -0.4 is 0 Å². The van der Waals surface area contributed by atoms with Gasteiger partial charge in [0.05, 0.1) is 4.32 Å². The number of hydrogen-bond donors (Lipinski definition) is 0. The van der Waals surface area contributed by atoms with E-state index in [1.54, 1.807) is 0 Å². The predicted molar refractivity (Wildman–Crippen MR) is 45.0 cm³/mol. The maximum absolute atomic E-state index is 5.78. The van der Waals surface area contributed by atoms with Gasteiger partial charge >= 0.3 is 0 Å². The van der Waals surface area contributed by atoms with E-state index >= 15 is 0 Å². The fourth-order valence-electron chi connectivity index (χ4n) is 0.815. The van der Waals surface area contributed by atoms with Crippen molar-refractivity contribution in [2.24, 2.45) is 0 Å². The van der Waals surface area contributed by atoms with E-state index in [-0.39, 0.29) is 4.32 Å². The molecule has 0 fully saturated rings. The lowest BCUT2D eigenvalue weighted by Crippen LogP contribution is -2.09. The van der Waals surface area contributed by atoms with Gasteiger partial charge in [-0.1, -0.05) is 39.7 Å². The molecule has 1 aliphatic carbocycles. The molecule has 1 aliphatic rings. The van der Waals surface area contributed by atoms with Gasteiger partial charge in [-0.15, -0.1) is 0 Å². The Morgan fingerprint density at radius 1 is 1.78 bits per heavy atom. The molecule has 0 bridgehead atoms. The molecule has 0 aromatic carbocycles. The second-order valence-electron chi connectivity index (χ2n) is 2.35. The highest BCUT2D eigenvalue weighted by Crippen LogP contribution is 2.29. The first-order valence-electron chi connectivity index (χ1n) is 2.84. The fourth-order valence-corrected chi connectivity index (χ4v) is 1.73. The van der Waals surface area contributed by atoms with E-state index in [0.717, 1.165) is 11.5 Å². The van der Waals surface area contributed by atoms with Gasteiger partial charge < -0.3 is 0 Å². The molecule has 0 radical (unpaired) electrons. The largest absolute Gasteiger partial charge is 0.0891 e. The molecule has 0 aliphatic heterocycles. The van der Waals surface area contributed by atoms with Crippen LogP contribution in [0.4, 0.5) is 0 Å². The van der Waals surface area contributed by atoms with Gasteiger partial charge in [0.15, 0.2) is 0 Å². The Hall–Kier alpha value is 0.250. The van der Waals surface area contributed by atoms with Crippen LogP contribution in [0.5, 0.6) is 0 Å². The first-order chi connectivity index (χ1) is 4.10. The van der Waals surface area contributed by atoms with E-state index in [0.29, 0.717) is 0 Å². The van der Waals surface area contributed by atoms with Gasteiger partial charge in [-0.2, -0.15) is 0 Å². The summed E-state index contributed by atoms with van der Waals surface area (Å²) >= 11 is 9.27. The Morgan fingerprint density at radius 2 is 2.44 bits per heavy atom. The smallest absolute Gasteiger partial charge is 0.0602 e. The van der Waals surface area contributed by atoms with Crippen molar-refractivity contribution in [3.8, 4) is 0 Å². The average Bonchev–Trinajstić information content (AvgIpc) is 1.60. The summed E-state index contributed by atoms with van der Waals surface area (Å²) in [6.45, 7) is 2.06. The molecule has 0 saturated heterocycles. The lowest BCUT2D eigenvalue weighted by molar-refractivity contribution is 0.985. The van der Waals surface area contributed by atoms with Crippen molar-refractivity contribution in [3.05, 3.63) is 23.3 Å². The van der Waals surface area contributed by atoms with Crippen molar-refractivity contribution in [3.63, 3.8) is 0 Å². The topological polar surface area (TPSA) is 0 Å². The lowest BCUT2D eigenvalue weighted by Gasteiger charge is -2.16. The first-order valence-corrected chi connectivity index (χ1v) is 4.01. The van der Waals surface area contributed by atoms with Gasteiger partial charge in [0.1, 0.15) is 0 Å². The fraction of sp³-hybridized carbons (Fsp3) is 0.429. The summed E-state index contributed by atoms with van der Waals surface area (Å²) in [6.07, 6.45) is 7.05. The van der Waals surface area contributed by atoms with Crippen molar-refractivity contribution in [2.45, 2.75) is 17.7 Å². The maximum Gasteiger partial charge on any atom is 0.0602 e. The molecule has 0 aromatic rings. The zero-order valence-electron chi connectivity index (χ0n) is 5.20. The molecule has 0 saturated carbocycles. The molecule has 0 spiro atoms. The maximum atomic E-state index is 5.78. The van der Waals surface area contributed by atoms with Crippen LogP contribution >= 0.6 is 27.5 Å². The summed E-state index contributed by atoms with van der Waals surface area (Å²) in [5, 5.41) is 0.914. The van der Waals surface area contributed by atoms with Gasteiger partial charge in [0.25, 0.3) is 0 Å². The van der Waals surface area contributed by atoms with E-state index in [4.69, 9.17) is 11.6 Å². The number of rotatable bonds is 0. The predicted octanol–water partition coefficient (Wildman–Crippen LogP) is 3.22. The van der Waals surface area contributed by atoms with Crippen molar-refractivity contribution < 1.29 is 0 Å². The SMILES string of the molecule is CC1(Br)C=CCC(Cl)=C1. The van der Waals surface area contributed by atoms with Crippen LogP contribution in [0.3, 0.4) is 0 Å². The van der Waals surface area contributed by atoms with E-state index in [1.165, 1.54) is 0 Å². The average molecular weight is 207 g/mol. The molecule has 0 aromatic heterocycles. The molecule has 50 valence electrons. The minimum absolute atomic E-state index is 0.0116. The van der Waals surface area contributed by atoms with Gasteiger partial charge in [-0.05, 0) is 13.0 Å². The molecule has 9 heavy (non-hydrogen) atoms. The van der Waals surface area contributed by atoms with Crippen LogP contribution in [0.25, 0.3) is 0 Å². The molecule has 1 rings (SSSR count). The Bertz CT molecular complexity index is 168. The Kier molecular flexibility index (Phi) is 2.02. The van der Waals surface area contributed by atoms with Gasteiger partial charge in [0, 0.05) is 11.5 Å². The number of alkyl halides is 1. The summed E-state index contributed by atoms with van der Waals surface area (Å²) in [7, 11) is 0. The van der Waals surface area contributed by atoms with Crippen LogP contribution in [0.15, 0.2) is 23.3 Å². The highest BCUT2D eigenvalue weighted by atomic mass is 79.9. The van der Waals surface area contributed by atoms with Crippen LogP contribution in [0, 0.1) is 0 Å². The number of allylic oxidation sites excluding steroid dienone is 4. The monoisotopic (exact) mass is 206 g/mol. The second kappa shape index (κ2) is 2.47. The van der Waals surface area contributed by atoms with E-state index in [2.05, 4.69) is 35.0 Å². The normalized spacial score (nSPS) is 34.3. The van der Waals surface area contributed by atoms with E-state index in [9.17, 15) is 0 Å². The third-order valence-corrected chi connectivity index (χ3v) is 1.95. The quantitative estimate of drug-likeness (QED) is 0.423. The molecule has 1 atom stereocenters. The lowest BCUT2D eigenvalue weighted by atomic mass is 10.1. The minimum atomic E-state index is -0.0116. The summed E-state index contributed by atoms with van der Waals surface area (Å²) in [6, 6.07) is 0. The molecule has 0 N–H and O–H groups in total. The Labute approximate surface area is 68.7 Å². The standard InChI is InChI=1S/C7H8BrCl/c1-7(8)4-2-3-6(9)5-7/h2,4-5H,3H2,1H3. The highest BCUT2D eigenvalue weighted by molar-refractivity contribution is 9.10. The van der Waals surface area contributed by atoms with Crippen LogP contribution in [-0.2, 0) is 0 Å². The van der Waals surface area contributed by atoms with Crippen LogP contribution in [0.2, 0.25) is 0 Å². The molecular formula is C7H8BrCl. The molecule has 0 nitrogen and oxygen atoms in total. The molecule has 0 heterocycles. The zero-order chi connectivity index (χ0) is 6.91. The summed E-state index contributed by atoms with van der Waals surface area (Å²) in [5.74, 6) is 0. The van der Waals surface area contributed by atoms with E-state index in [1.807, 2.05) is 6.08 Å². The zero-order valence-corrected chi connectivity index (χ0v) is 7.54. The van der Waals surface area contributed by atoms with Crippen molar-refractivity contribution in [1.29, 1.82) is 0 Å². The van der Waals surface area contributed by atoms with Crippen molar-refractivity contribution >= 4 is 27.5 Å². The number of halogens is 2. The Balaban J connectivity index is 2.78. The van der Waals surface area contributed by atoms with Gasteiger partial charge in [-0.25, -0.2) is 0 Å². The summed E-state index contributed by atoms with van der Waals surface area (Å²) in [5.41, 5.74) is 0. The van der Waals surface area contributed by atoms with Crippen molar-refractivity contribution in [1.82, 2.24) is 0 Å². The van der Waals surface area contributed by atoms with Crippen LogP contribution in [0.1, 0.15) is 13.3 Å². The molecule has 0 amide bonds.